The number of aliphatic hydroxyl groups excluding tert-OH is 1. The monoisotopic (exact) mass is 144 g/mol. The molecule has 3 unspecified atom stereocenters. The lowest BCUT2D eigenvalue weighted by molar-refractivity contribution is -0.0797. The van der Waals surface area contributed by atoms with Crippen LogP contribution in [0.3, 0.4) is 0 Å². The lowest BCUT2D eigenvalue weighted by Gasteiger charge is -2.30. The molecule has 1 heterocycles. The van der Waals surface area contributed by atoms with Crippen molar-refractivity contribution in [1.82, 2.24) is 0 Å². The van der Waals surface area contributed by atoms with Gasteiger partial charge in [0.2, 0.25) is 0 Å². The molecule has 0 spiro atoms. The van der Waals surface area contributed by atoms with Crippen molar-refractivity contribution in [2.24, 2.45) is 5.92 Å². The first-order chi connectivity index (χ1) is 4.72. The molecule has 2 nitrogen and oxygen atoms in total. The SMILES string of the molecule is CC1CC(C)OC(CO)C1. The van der Waals surface area contributed by atoms with Crippen LogP contribution in [0.15, 0.2) is 0 Å². The minimum Gasteiger partial charge on any atom is -0.394 e. The first-order valence-electron chi connectivity index (χ1n) is 3.98. The molecule has 1 rings (SSSR count). The minimum atomic E-state index is 0.0961. The summed E-state index contributed by atoms with van der Waals surface area (Å²) in [7, 11) is 0. The number of rotatable bonds is 1. The average Bonchev–Trinajstić information content (AvgIpc) is 1.85. The van der Waals surface area contributed by atoms with E-state index in [1.54, 1.807) is 0 Å². The van der Waals surface area contributed by atoms with Crippen LogP contribution in [-0.2, 0) is 4.74 Å². The van der Waals surface area contributed by atoms with Gasteiger partial charge in [-0.3, -0.25) is 0 Å². The summed E-state index contributed by atoms with van der Waals surface area (Å²) >= 11 is 0. The lowest BCUT2D eigenvalue weighted by atomic mass is 9.94. The second kappa shape index (κ2) is 3.35. The van der Waals surface area contributed by atoms with Gasteiger partial charge in [0.1, 0.15) is 0 Å². The molecule has 0 aliphatic carbocycles. The Morgan fingerprint density at radius 2 is 2.10 bits per heavy atom. The summed E-state index contributed by atoms with van der Waals surface area (Å²) in [5.74, 6) is 0.709. The van der Waals surface area contributed by atoms with Crippen LogP contribution >= 0.6 is 0 Å². The molecule has 1 aliphatic rings. The quantitative estimate of drug-likeness (QED) is 0.599. The largest absolute Gasteiger partial charge is 0.394 e. The van der Waals surface area contributed by atoms with Gasteiger partial charge in [-0.05, 0) is 25.7 Å². The fourth-order valence-electron chi connectivity index (χ4n) is 1.67. The molecular weight excluding hydrogens is 128 g/mol. The summed E-state index contributed by atoms with van der Waals surface area (Å²) in [6, 6.07) is 0. The van der Waals surface area contributed by atoms with Gasteiger partial charge < -0.3 is 9.84 Å². The topological polar surface area (TPSA) is 29.5 Å². The Morgan fingerprint density at radius 3 is 2.60 bits per heavy atom. The minimum absolute atomic E-state index is 0.0961. The summed E-state index contributed by atoms with van der Waals surface area (Å²) in [4.78, 5) is 0. The van der Waals surface area contributed by atoms with E-state index in [1.165, 1.54) is 0 Å². The van der Waals surface area contributed by atoms with Crippen LogP contribution in [0.2, 0.25) is 0 Å². The molecule has 0 bridgehead atoms. The highest BCUT2D eigenvalue weighted by Crippen LogP contribution is 2.23. The average molecular weight is 144 g/mol. The third-order valence-corrected chi connectivity index (χ3v) is 2.03. The van der Waals surface area contributed by atoms with Crippen molar-refractivity contribution in [3.63, 3.8) is 0 Å². The van der Waals surface area contributed by atoms with Gasteiger partial charge in [0, 0.05) is 0 Å². The van der Waals surface area contributed by atoms with Crippen LogP contribution in [-0.4, -0.2) is 23.9 Å². The molecule has 0 radical (unpaired) electrons. The molecule has 0 aromatic carbocycles. The Balaban J connectivity index is 2.35. The smallest absolute Gasteiger partial charge is 0.0811 e. The molecule has 1 aliphatic heterocycles. The Hall–Kier alpha value is -0.0800. The third kappa shape index (κ3) is 1.96. The van der Waals surface area contributed by atoms with Crippen molar-refractivity contribution >= 4 is 0 Å². The fourth-order valence-corrected chi connectivity index (χ4v) is 1.67. The van der Waals surface area contributed by atoms with Crippen molar-refractivity contribution in [3.05, 3.63) is 0 Å². The van der Waals surface area contributed by atoms with Crippen LogP contribution in [0, 0.1) is 5.92 Å². The number of hydrogen-bond donors (Lipinski definition) is 1. The van der Waals surface area contributed by atoms with E-state index >= 15 is 0 Å². The highest BCUT2D eigenvalue weighted by Gasteiger charge is 2.23. The van der Waals surface area contributed by atoms with E-state index in [0.717, 1.165) is 12.8 Å². The van der Waals surface area contributed by atoms with Gasteiger partial charge in [0.05, 0.1) is 18.8 Å². The second-order valence-electron chi connectivity index (χ2n) is 3.33. The van der Waals surface area contributed by atoms with E-state index in [4.69, 9.17) is 9.84 Å². The molecule has 0 amide bonds. The van der Waals surface area contributed by atoms with E-state index < -0.39 is 0 Å². The maximum absolute atomic E-state index is 8.80. The zero-order valence-electron chi connectivity index (χ0n) is 6.71. The predicted octanol–water partition coefficient (Wildman–Crippen LogP) is 1.18. The Morgan fingerprint density at radius 1 is 1.40 bits per heavy atom. The standard InChI is InChI=1S/C8H16O2/c1-6-3-7(2)10-8(4-6)5-9/h6-9H,3-5H2,1-2H3. The molecule has 10 heavy (non-hydrogen) atoms. The van der Waals surface area contributed by atoms with Crippen molar-refractivity contribution in [3.8, 4) is 0 Å². The van der Waals surface area contributed by atoms with E-state index in [9.17, 15) is 0 Å². The molecule has 0 saturated carbocycles. The van der Waals surface area contributed by atoms with E-state index in [0.29, 0.717) is 12.0 Å². The van der Waals surface area contributed by atoms with Crippen LogP contribution < -0.4 is 0 Å². The van der Waals surface area contributed by atoms with Gasteiger partial charge in [0.25, 0.3) is 0 Å². The van der Waals surface area contributed by atoms with E-state index in [2.05, 4.69) is 13.8 Å². The Bertz CT molecular complexity index is 93.4. The van der Waals surface area contributed by atoms with Gasteiger partial charge in [-0.2, -0.15) is 0 Å². The molecule has 2 heteroatoms. The number of hydrogen-bond acceptors (Lipinski definition) is 2. The zero-order valence-corrected chi connectivity index (χ0v) is 6.71. The Kier molecular flexibility index (Phi) is 2.69. The highest BCUT2D eigenvalue weighted by molar-refractivity contribution is 4.71. The maximum Gasteiger partial charge on any atom is 0.0811 e. The molecule has 0 aromatic rings. The summed E-state index contributed by atoms with van der Waals surface area (Å²) in [5.41, 5.74) is 0. The zero-order chi connectivity index (χ0) is 7.56. The lowest BCUT2D eigenvalue weighted by Crippen LogP contribution is -2.32. The summed E-state index contributed by atoms with van der Waals surface area (Å²) in [6.45, 7) is 4.45. The normalized spacial score (nSPS) is 41.7. The van der Waals surface area contributed by atoms with Crippen molar-refractivity contribution in [2.75, 3.05) is 6.61 Å². The van der Waals surface area contributed by atoms with Crippen LogP contribution in [0.1, 0.15) is 26.7 Å². The van der Waals surface area contributed by atoms with Gasteiger partial charge in [-0.25, -0.2) is 0 Å². The molecule has 1 fully saturated rings. The third-order valence-electron chi connectivity index (χ3n) is 2.03. The van der Waals surface area contributed by atoms with Crippen LogP contribution in [0.5, 0.6) is 0 Å². The van der Waals surface area contributed by atoms with Gasteiger partial charge in [-0.15, -0.1) is 0 Å². The first-order valence-corrected chi connectivity index (χ1v) is 3.98. The van der Waals surface area contributed by atoms with Gasteiger partial charge >= 0.3 is 0 Å². The maximum atomic E-state index is 8.80. The molecule has 3 atom stereocenters. The van der Waals surface area contributed by atoms with Crippen molar-refractivity contribution in [1.29, 1.82) is 0 Å². The molecule has 0 aromatic heterocycles. The fraction of sp³-hybridized carbons (Fsp3) is 1.00. The summed E-state index contributed by atoms with van der Waals surface area (Å²) in [5, 5.41) is 8.80. The Labute approximate surface area is 62.2 Å². The number of ether oxygens (including phenoxy) is 1. The molecule has 1 saturated heterocycles. The highest BCUT2D eigenvalue weighted by atomic mass is 16.5. The van der Waals surface area contributed by atoms with Crippen molar-refractivity contribution in [2.45, 2.75) is 38.9 Å². The van der Waals surface area contributed by atoms with Gasteiger partial charge in [0.15, 0.2) is 0 Å². The van der Waals surface area contributed by atoms with Crippen LogP contribution in [0.4, 0.5) is 0 Å². The molecule has 1 N–H and O–H groups in total. The number of aliphatic hydroxyl groups is 1. The van der Waals surface area contributed by atoms with Gasteiger partial charge in [-0.1, -0.05) is 6.92 Å². The van der Waals surface area contributed by atoms with Crippen molar-refractivity contribution < 1.29 is 9.84 Å². The molecule has 60 valence electrons. The van der Waals surface area contributed by atoms with Crippen LogP contribution in [0.25, 0.3) is 0 Å². The van der Waals surface area contributed by atoms with E-state index in [1.807, 2.05) is 0 Å². The predicted molar refractivity (Wildman–Crippen MR) is 39.8 cm³/mol. The summed E-state index contributed by atoms with van der Waals surface area (Å²) < 4.78 is 5.46. The van der Waals surface area contributed by atoms with E-state index in [-0.39, 0.29) is 12.7 Å². The second-order valence-corrected chi connectivity index (χ2v) is 3.33. The molecular formula is C8H16O2. The summed E-state index contributed by atoms with van der Waals surface area (Å²) in [6.07, 6.45) is 2.58. The first kappa shape index (κ1) is 8.02.